The van der Waals surface area contributed by atoms with E-state index < -0.39 is 0 Å². The summed E-state index contributed by atoms with van der Waals surface area (Å²) >= 11 is 0. The maximum atomic E-state index is 11.9. The number of carbonyl (C=O) groups excluding carboxylic acids is 2. The largest absolute Gasteiger partial charge is 0.378 e. The van der Waals surface area contributed by atoms with E-state index in [0.717, 1.165) is 24.3 Å². The van der Waals surface area contributed by atoms with Crippen molar-refractivity contribution in [2.24, 2.45) is 0 Å². The van der Waals surface area contributed by atoms with Crippen LogP contribution in [0.5, 0.6) is 0 Å². The van der Waals surface area contributed by atoms with Crippen LogP contribution in [-0.4, -0.2) is 31.1 Å². The Hall–Kier alpha value is -1.88. The molecule has 1 aromatic rings. The molecule has 0 heterocycles. The summed E-state index contributed by atoms with van der Waals surface area (Å²) < 4.78 is 5.84. The standard InChI is InChI=1S/C19H28N2O3/c1-15(22)21-17-10-8-16(9-11-17)14-19(23)20-12-5-13-24-18-6-3-2-4-7-18/h8-11,18H,2-7,12-14H2,1H3,(H,20,23)(H,21,22). The zero-order valence-electron chi connectivity index (χ0n) is 14.5. The third-order valence-corrected chi connectivity index (χ3v) is 4.19. The molecule has 1 aliphatic rings. The van der Waals surface area contributed by atoms with Gasteiger partial charge < -0.3 is 15.4 Å². The zero-order chi connectivity index (χ0) is 17.2. The number of nitrogens with one attached hydrogen (secondary N) is 2. The molecule has 0 radical (unpaired) electrons. The Morgan fingerprint density at radius 1 is 1.12 bits per heavy atom. The van der Waals surface area contributed by atoms with Gasteiger partial charge in [-0.2, -0.15) is 0 Å². The summed E-state index contributed by atoms with van der Waals surface area (Å²) in [7, 11) is 0. The van der Waals surface area contributed by atoms with Gasteiger partial charge in [0.2, 0.25) is 11.8 Å². The molecule has 5 heteroatoms. The summed E-state index contributed by atoms with van der Waals surface area (Å²) in [5.41, 5.74) is 1.67. The highest BCUT2D eigenvalue weighted by Crippen LogP contribution is 2.20. The first-order chi connectivity index (χ1) is 11.6. The molecule has 1 saturated carbocycles. The van der Waals surface area contributed by atoms with E-state index in [1.165, 1.54) is 39.0 Å². The lowest BCUT2D eigenvalue weighted by Crippen LogP contribution is -2.27. The fourth-order valence-electron chi connectivity index (χ4n) is 2.94. The highest BCUT2D eigenvalue weighted by molar-refractivity contribution is 5.88. The summed E-state index contributed by atoms with van der Waals surface area (Å²) in [6.45, 7) is 2.84. The third-order valence-electron chi connectivity index (χ3n) is 4.19. The van der Waals surface area contributed by atoms with Crippen LogP contribution in [0.2, 0.25) is 0 Å². The van der Waals surface area contributed by atoms with E-state index in [9.17, 15) is 9.59 Å². The van der Waals surface area contributed by atoms with Gasteiger partial charge >= 0.3 is 0 Å². The van der Waals surface area contributed by atoms with Gasteiger partial charge in [-0.1, -0.05) is 31.4 Å². The number of ether oxygens (including phenoxy) is 1. The van der Waals surface area contributed by atoms with Crippen molar-refractivity contribution in [3.63, 3.8) is 0 Å². The van der Waals surface area contributed by atoms with Gasteiger partial charge in [0.05, 0.1) is 12.5 Å². The van der Waals surface area contributed by atoms with Crippen LogP contribution in [-0.2, 0) is 20.7 Å². The molecule has 2 N–H and O–H groups in total. The van der Waals surface area contributed by atoms with Crippen molar-refractivity contribution in [1.82, 2.24) is 5.32 Å². The smallest absolute Gasteiger partial charge is 0.224 e. The first-order valence-electron chi connectivity index (χ1n) is 8.88. The van der Waals surface area contributed by atoms with E-state index in [1.807, 2.05) is 24.3 Å². The maximum Gasteiger partial charge on any atom is 0.224 e. The minimum Gasteiger partial charge on any atom is -0.378 e. The lowest BCUT2D eigenvalue weighted by molar-refractivity contribution is -0.120. The van der Waals surface area contributed by atoms with Crippen LogP contribution in [0.3, 0.4) is 0 Å². The molecule has 24 heavy (non-hydrogen) atoms. The van der Waals surface area contributed by atoms with Crippen LogP contribution in [0.15, 0.2) is 24.3 Å². The summed E-state index contributed by atoms with van der Waals surface area (Å²) in [5.74, 6) is -0.0871. The molecule has 0 spiro atoms. The minimum atomic E-state index is -0.101. The van der Waals surface area contributed by atoms with Crippen LogP contribution >= 0.6 is 0 Å². The van der Waals surface area contributed by atoms with Crippen LogP contribution < -0.4 is 10.6 Å². The topological polar surface area (TPSA) is 67.4 Å². The molecule has 5 nitrogen and oxygen atoms in total. The first kappa shape index (κ1) is 18.5. The van der Waals surface area contributed by atoms with Crippen molar-refractivity contribution in [3.8, 4) is 0 Å². The second kappa shape index (κ2) is 10.1. The molecule has 132 valence electrons. The van der Waals surface area contributed by atoms with E-state index in [0.29, 0.717) is 19.1 Å². The highest BCUT2D eigenvalue weighted by atomic mass is 16.5. The molecule has 0 unspecified atom stereocenters. The van der Waals surface area contributed by atoms with Crippen molar-refractivity contribution < 1.29 is 14.3 Å². The number of rotatable bonds is 8. The SMILES string of the molecule is CC(=O)Nc1ccc(CC(=O)NCCCOC2CCCCC2)cc1. The highest BCUT2D eigenvalue weighted by Gasteiger charge is 2.13. The van der Waals surface area contributed by atoms with Crippen molar-refractivity contribution in [3.05, 3.63) is 29.8 Å². The molecule has 0 saturated heterocycles. The van der Waals surface area contributed by atoms with E-state index in [-0.39, 0.29) is 11.8 Å². The van der Waals surface area contributed by atoms with E-state index in [1.54, 1.807) is 0 Å². The molecular weight excluding hydrogens is 304 g/mol. The van der Waals surface area contributed by atoms with Crippen LogP contribution in [0.1, 0.15) is 51.0 Å². The molecule has 0 atom stereocenters. The van der Waals surface area contributed by atoms with Gasteiger partial charge in [0.1, 0.15) is 0 Å². The molecule has 0 aliphatic heterocycles. The van der Waals surface area contributed by atoms with Gasteiger partial charge in [-0.25, -0.2) is 0 Å². The number of carbonyl (C=O) groups is 2. The van der Waals surface area contributed by atoms with E-state index >= 15 is 0 Å². The monoisotopic (exact) mass is 332 g/mol. The van der Waals surface area contributed by atoms with Gasteiger partial charge in [0, 0.05) is 25.8 Å². The lowest BCUT2D eigenvalue weighted by Gasteiger charge is -2.21. The van der Waals surface area contributed by atoms with Gasteiger partial charge in [-0.05, 0) is 37.0 Å². The third kappa shape index (κ3) is 7.13. The van der Waals surface area contributed by atoms with Crippen LogP contribution in [0.4, 0.5) is 5.69 Å². The number of anilines is 1. The van der Waals surface area contributed by atoms with Crippen LogP contribution in [0, 0.1) is 0 Å². The fourth-order valence-corrected chi connectivity index (χ4v) is 2.94. The molecule has 0 bridgehead atoms. The van der Waals surface area contributed by atoms with Crippen LogP contribution in [0.25, 0.3) is 0 Å². The van der Waals surface area contributed by atoms with E-state index in [4.69, 9.17) is 4.74 Å². The first-order valence-corrected chi connectivity index (χ1v) is 8.88. The number of hydrogen-bond acceptors (Lipinski definition) is 3. The van der Waals surface area contributed by atoms with E-state index in [2.05, 4.69) is 10.6 Å². The Balaban J connectivity index is 1.58. The van der Waals surface area contributed by atoms with Crippen molar-refractivity contribution in [2.45, 2.75) is 58.0 Å². The summed E-state index contributed by atoms with van der Waals surface area (Å²) in [6, 6.07) is 7.33. The second-order valence-corrected chi connectivity index (χ2v) is 6.39. The molecule has 1 aliphatic carbocycles. The second-order valence-electron chi connectivity index (χ2n) is 6.39. The Morgan fingerprint density at radius 2 is 1.83 bits per heavy atom. The zero-order valence-corrected chi connectivity index (χ0v) is 14.5. The Labute approximate surface area is 144 Å². The van der Waals surface area contributed by atoms with Gasteiger partial charge in [0.25, 0.3) is 0 Å². The van der Waals surface area contributed by atoms with Crippen molar-refractivity contribution >= 4 is 17.5 Å². The quantitative estimate of drug-likeness (QED) is 0.719. The summed E-state index contributed by atoms with van der Waals surface area (Å²) in [6.07, 6.45) is 7.89. The Bertz CT molecular complexity index is 522. The molecule has 2 rings (SSSR count). The number of benzene rings is 1. The lowest BCUT2D eigenvalue weighted by atomic mass is 9.98. The predicted octanol–water partition coefficient (Wildman–Crippen LogP) is 3.04. The fraction of sp³-hybridized carbons (Fsp3) is 0.579. The molecule has 1 fully saturated rings. The normalized spacial score (nSPS) is 15.0. The van der Waals surface area contributed by atoms with Crippen molar-refractivity contribution in [1.29, 1.82) is 0 Å². The Morgan fingerprint density at radius 3 is 2.50 bits per heavy atom. The van der Waals surface area contributed by atoms with Gasteiger partial charge in [-0.15, -0.1) is 0 Å². The average Bonchev–Trinajstić information content (AvgIpc) is 2.57. The molecule has 0 aromatic heterocycles. The molecule has 1 aromatic carbocycles. The minimum absolute atomic E-state index is 0.0138. The maximum absolute atomic E-state index is 11.9. The number of hydrogen-bond donors (Lipinski definition) is 2. The van der Waals surface area contributed by atoms with Gasteiger partial charge in [0.15, 0.2) is 0 Å². The Kier molecular flexibility index (Phi) is 7.75. The van der Waals surface area contributed by atoms with Crippen molar-refractivity contribution in [2.75, 3.05) is 18.5 Å². The summed E-state index contributed by atoms with van der Waals surface area (Å²) in [5, 5.41) is 5.63. The number of amides is 2. The predicted molar refractivity (Wildman–Crippen MR) is 94.9 cm³/mol. The molecule has 2 amide bonds. The summed E-state index contributed by atoms with van der Waals surface area (Å²) in [4.78, 5) is 22.9. The van der Waals surface area contributed by atoms with Gasteiger partial charge in [-0.3, -0.25) is 9.59 Å². The average molecular weight is 332 g/mol. The molecular formula is C19H28N2O3.